The predicted octanol–water partition coefficient (Wildman–Crippen LogP) is 3.25. The van der Waals surface area contributed by atoms with Crippen LogP contribution >= 0.6 is 11.6 Å². The Hall–Kier alpha value is -2.12. The van der Waals surface area contributed by atoms with E-state index in [1.165, 1.54) is 0 Å². The molecular weight excluding hydrogens is 272 g/mol. The number of halogens is 1. The number of anilines is 1. The highest BCUT2D eigenvalue weighted by molar-refractivity contribution is 6.31. The minimum Gasteiger partial charge on any atom is -0.353 e. The fraction of sp³-hybridized carbons (Fsp3) is 0.267. The summed E-state index contributed by atoms with van der Waals surface area (Å²) in [5.41, 5.74) is 3.37. The molecule has 0 aliphatic heterocycles. The van der Waals surface area contributed by atoms with Crippen LogP contribution in [-0.2, 0) is 6.54 Å². The third-order valence-electron chi connectivity index (χ3n) is 3.08. The first kappa shape index (κ1) is 14.3. The van der Waals surface area contributed by atoms with Crippen LogP contribution in [0.25, 0.3) is 0 Å². The number of nitrogens with zero attached hydrogens (tertiary/aromatic N) is 4. The molecule has 0 atom stereocenters. The standard InChI is InChI=1S/C15H15ClN4/c1-10-11(2)19-15(14(16)18-10)20(3)9-13-6-4-5-12(7-13)8-17/h4-7H,9H2,1-3H3. The molecule has 0 saturated carbocycles. The van der Waals surface area contributed by atoms with Gasteiger partial charge in [-0.15, -0.1) is 0 Å². The molecule has 0 aliphatic carbocycles. The van der Waals surface area contributed by atoms with Crippen molar-refractivity contribution in [2.75, 3.05) is 11.9 Å². The topological polar surface area (TPSA) is 52.8 Å². The van der Waals surface area contributed by atoms with Crippen LogP contribution in [0, 0.1) is 25.2 Å². The normalized spacial score (nSPS) is 10.2. The van der Waals surface area contributed by atoms with Gasteiger partial charge in [-0.3, -0.25) is 0 Å². The van der Waals surface area contributed by atoms with E-state index in [9.17, 15) is 0 Å². The van der Waals surface area contributed by atoms with Crippen LogP contribution < -0.4 is 4.90 Å². The molecule has 0 amide bonds. The lowest BCUT2D eigenvalue weighted by Gasteiger charge is -2.20. The number of aromatic nitrogens is 2. The second-order valence-corrected chi connectivity index (χ2v) is 5.04. The van der Waals surface area contributed by atoms with Crippen molar-refractivity contribution in [1.82, 2.24) is 9.97 Å². The van der Waals surface area contributed by atoms with Crippen LogP contribution in [0.3, 0.4) is 0 Å². The monoisotopic (exact) mass is 286 g/mol. The highest BCUT2D eigenvalue weighted by atomic mass is 35.5. The van der Waals surface area contributed by atoms with Crippen molar-refractivity contribution in [3.05, 3.63) is 51.9 Å². The van der Waals surface area contributed by atoms with Gasteiger partial charge in [-0.05, 0) is 31.5 Å². The second kappa shape index (κ2) is 5.89. The molecule has 0 aliphatic rings. The van der Waals surface area contributed by atoms with E-state index < -0.39 is 0 Å². The summed E-state index contributed by atoms with van der Waals surface area (Å²) in [7, 11) is 1.91. The van der Waals surface area contributed by atoms with Crippen LogP contribution in [0.15, 0.2) is 24.3 Å². The maximum Gasteiger partial charge on any atom is 0.171 e. The molecular formula is C15H15ClN4. The molecule has 1 aromatic heterocycles. The van der Waals surface area contributed by atoms with Crippen LogP contribution in [0.2, 0.25) is 5.15 Å². The van der Waals surface area contributed by atoms with Gasteiger partial charge in [0.1, 0.15) is 0 Å². The number of benzene rings is 1. The summed E-state index contributed by atoms with van der Waals surface area (Å²) in [6, 6.07) is 9.62. The highest BCUT2D eigenvalue weighted by Crippen LogP contribution is 2.23. The first-order valence-corrected chi connectivity index (χ1v) is 6.60. The van der Waals surface area contributed by atoms with Crippen molar-refractivity contribution in [1.29, 1.82) is 5.26 Å². The van der Waals surface area contributed by atoms with Crippen molar-refractivity contribution in [3.63, 3.8) is 0 Å². The zero-order valence-corrected chi connectivity index (χ0v) is 12.4. The average molecular weight is 287 g/mol. The van der Waals surface area contributed by atoms with E-state index in [1.807, 2.05) is 44.0 Å². The Balaban J connectivity index is 2.26. The Labute approximate surface area is 123 Å². The van der Waals surface area contributed by atoms with Crippen molar-refractivity contribution in [3.8, 4) is 6.07 Å². The lowest BCUT2D eigenvalue weighted by atomic mass is 10.1. The van der Waals surface area contributed by atoms with Crippen molar-refractivity contribution >= 4 is 17.4 Å². The summed E-state index contributed by atoms with van der Waals surface area (Å²) in [4.78, 5) is 10.7. The predicted molar refractivity (Wildman–Crippen MR) is 79.8 cm³/mol. The number of aryl methyl sites for hydroxylation is 2. The Morgan fingerprint density at radius 3 is 2.65 bits per heavy atom. The van der Waals surface area contributed by atoms with E-state index in [-0.39, 0.29) is 0 Å². The van der Waals surface area contributed by atoms with E-state index in [4.69, 9.17) is 16.9 Å². The van der Waals surface area contributed by atoms with Crippen molar-refractivity contribution < 1.29 is 0 Å². The molecule has 0 N–H and O–H groups in total. The minimum absolute atomic E-state index is 0.395. The van der Waals surface area contributed by atoms with E-state index in [0.717, 1.165) is 17.0 Å². The summed E-state index contributed by atoms with van der Waals surface area (Å²) < 4.78 is 0. The largest absolute Gasteiger partial charge is 0.353 e. The number of hydrogen-bond donors (Lipinski definition) is 0. The first-order valence-electron chi connectivity index (χ1n) is 6.22. The molecule has 0 saturated heterocycles. The molecule has 0 spiro atoms. The Morgan fingerprint density at radius 2 is 1.95 bits per heavy atom. The Bertz CT molecular complexity index is 676. The minimum atomic E-state index is 0.395. The van der Waals surface area contributed by atoms with Crippen LogP contribution in [0.1, 0.15) is 22.5 Å². The van der Waals surface area contributed by atoms with Gasteiger partial charge in [0.15, 0.2) is 11.0 Å². The molecule has 0 fully saturated rings. The fourth-order valence-corrected chi connectivity index (χ4v) is 2.21. The summed E-state index contributed by atoms with van der Waals surface area (Å²) in [6.07, 6.45) is 0. The lowest BCUT2D eigenvalue weighted by Crippen LogP contribution is -2.19. The van der Waals surface area contributed by atoms with Gasteiger partial charge in [0.2, 0.25) is 0 Å². The molecule has 2 rings (SSSR count). The molecule has 20 heavy (non-hydrogen) atoms. The fourth-order valence-electron chi connectivity index (χ4n) is 1.89. The summed E-state index contributed by atoms with van der Waals surface area (Å²) >= 11 is 6.15. The maximum atomic E-state index is 8.92. The third kappa shape index (κ3) is 3.06. The van der Waals surface area contributed by atoms with Gasteiger partial charge in [-0.2, -0.15) is 5.26 Å². The molecule has 2 aromatic rings. The number of nitriles is 1. The van der Waals surface area contributed by atoms with Crippen LogP contribution in [0.5, 0.6) is 0 Å². The second-order valence-electron chi connectivity index (χ2n) is 4.68. The van der Waals surface area contributed by atoms with E-state index >= 15 is 0 Å². The van der Waals surface area contributed by atoms with Gasteiger partial charge in [-0.25, -0.2) is 9.97 Å². The van der Waals surface area contributed by atoms with Gasteiger partial charge in [0.25, 0.3) is 0 Å². The first-order chi connectivity index (χ1) is 9.51. The Kier molecular flexibility index (Phi) is 4.21. The molecule has 1 aromatic carbocycles. The number of hydrogen-bond acceptors (Lipinski definition) is 4. The average Bonchev–Trinajstić information content (AvgIpc) is 2.43. The molecule has 0 bridgehead atoms. The molecule has 5 heteroatoms. The highest BCUT2D eigenvalue weighted by Gasteiger charge is 2.12. The zero-order chi connectivity index (χ0) is 14.7. The van der Waals surface area contributed by atoms with Gasteiger partial charge in [0, 0.05) is 13.6 Å². The molecule has 1 heterocycles. The van der Waals surface area contributed by atoms with Crippen molar-refractivity contribution in [2.45, 2.75) is 20.4 Å². The van der Waals surface area contributed by atoms with Crippen LogP contribution in [0.4, 0.5) is 5.82 Å². The number of rotatable bonds is 3. The SMILES string of the molecule is Cc1nc(Cl)c(N(C)Cc2cccc(C#N)c2)nc1C. The third-order valence-corrected chi connectivity index (χ3v) is 3.34. The van der Waals surface area contributed by atoms with Crippen molar-refractivity contribution in [2.24, 2.45) is 0 Å². The smallest absolute Gasteiger partial charge is 0.171 e. The summed E-state index contributed by atoms with van der Waals surface area (Å²) in [5, 5.41) is 9.31. The molecule has 0 radical (unpaired) electrons. The molecule has 0 unspecified atom stereocenters. The zero-order valence-electron chi connectivity index (χ0n) is 11.7. The molecule has 102 valence electrons. The Morgan fingerprint density at radius 1 is 1.25 bits per heavy atom. The van der Waals surface area contributed by atoms with Gasteiger partial charge < -0.3 is 4.90 Å². The van der Waals surface area contributed by atoms with E-state index in [2.05, 4.69) is 16.0 Å². The lowest BCUT2D eigenvalue weighted by molar-refractivity contribution is 0.875. The van der Waals surface area contributed by atoms with E-state index in [0.29, 0.717) is 23.1 Å². The van der Waals surface area contributed by atoms with Gasteiger partial charge >= 0.3 is 0 Å². The van der Waals surface area contributed by atoms with E-state index in [1.54, 1.807) is 6.07 Å². The van der Waals surface area contributed by atoms with Crippen LogP contribution in [-0.4, -0.2) is 17.0 Å². The summed E-state index contributed by atoms with van der Waals surface area (Å²) in [6.45, 7) is 4.41. The van der Waals surface area contributed by atoms with Gasteiger partial charge in [0.05, 0.1) is 23.0 Å². The summed E-state index contributed by atoms with van der Waals surface area (Å²) in [5.74, 6) is 0.650. The van der Waals surface area contributed by atoms with Gasteiger partial charge in [-0.1, -0.05) is 23.7 Å². The quantitative estimate of drug-likeness (QED) is 0.869. The maximum absolute atomic E-state index is 8.92. The molecule has 4 nitrogen and oxygen atoms in total.